The summed E-state index contributed by atoms with van der Waals surface area (Å²) < 4.78 is 23.5. The standard InChI is InChI=1S/C23H27NO3S2/c25-23(24-13-10-19(11-14-24)16-18-6-2-1-3-7-18)21-8-4-5-9-22(21)28-20-12-15-29(26,27)17-20/h1-9,19-20H,10-17H2. The van der Waals surface area contributed by atoms with Gasteiger partial charge in [-0.1, -0.05) is 42.5 Å². The number of piperidine rings is 1. The van der Waals surface area contributed by atoms with Crippen LogP contribution in [-0.2, 0) is 16.3 Å². The molecular weight excluding hydrogens is 402 g/mol. The topological polar surface area (TPSA) is 54.5 Å². The second-order valence-corrected chi connectivity index (χ2v) is 11.6. The first-order valence-electron chi connectivity index (χ1n) is 10.3. The molecule has 1 unspecified atom stereocenters. The van der Waals surface area contributed by atoms with Gasteiger partial charge in [-0.2, -0.15) is 0 Å². The van der Waals surface area contributed by atoms with E-state index in [9.17, 15) is 13.2 Å². The molecule has 154 valence electrons. The minimum absolute atomic E-state index is 0.0468. The van der Waals surface area contributed by atoms with Crippen LogP contribution in [0.25, 0.3) is 0 Å². The van der Waals surface area contributed by atoms with Gasteiger partial charge in [-0.05, 0) is 49.3 Å². The Morgan fingerprint density at radius 3 is 2.34 bits per heavy atom. The maximum Gasteiger partial charge on any atom is 0.254 e. The van der Waals surface area contributed by atoms with E-state index in [0.717, 1.165) is 37.2 Å². The number of benzene rings is 2. The molecule has 2 aliphatic heterocycles. The highest BCUT2D eigenvalue weighted by molar-refractivity contribution is 8.02. The minimum atomic E-state index is -2.92. The number of thioether (sulfide) groups is 1. The summed E-state index contributed by atoms with van der Waals surface area (Å²) in [5, 5.41) is 0.0468. The lowest BCUT2D eigenvalue weighted by Crippen LogP contribution is -2.39. The summed E-state index contributed by atoms with van der Waals surface area (Å²) in [7, 11) is -2.92. The van der Waals surface area contributed by atoms with Gasteiger partial charge in [0, 0.05) is 23.2 Å². The molecule has 0 spiro atoms. The van der Waals surface area contributed by atoms with Crippen molar-refractivity contribution in [2.45, 2.75) is 35.8 Å². The van der Waals surface area contributed by atoms with Gasteiger partial charge < -0.3 is 4.90 Å². The Bertz CT molecular complexity index is 951. The molecule has 2 heterocycles. The highest BCUT2D eigenvalue weighted by Gasteiger charge is 2.30. The van der Waals surface area contributed by atoms with E-state index in [0.29, 0.717) is 17.9 Å². The third-order valence-electron chi connectivity index (χ3n) is 5.87. The number of amides is 1. The summed E-state index contributed by atoms with van der Waals surface area (Å²) in [4.78, 5) is 16.1. The largest absolute Gasteiger partial charge is 0.339 e. The number of carbonyl (C=O) groups excluding carboxylic acids is 1. The zero-order valence-corrected chi connectivity index (χ0v) is 18.1. The van der Waals surface area contributed by atoms with Crippen molar-refractivity contribution in [2.75, 3.05) is 24.6 Å². The molecule has 6 heteroatoms. The second-order valence-electron chi connectivity index (χ2n) is 8.06. The van der Waals surface area contributed by atoms with Crippen molar-refractivity contribution < 1.29 is 13.2 Å². The van der Waals surface area contributed by atoms with Gasteiger partial charge in [0.25, 0.3) is 5.91 Å². The zero-order valence-electron chi connectivity index (χ0n) is 16.5. The van der Waals surface area contributed by atoms with Crippen LogP contribution in [0.2, 0.25) is 0 Å². The average Bonchev–Trinajstić information content (AvgIpc) is 3.07. The van der Waals surface area contributed by atoms with E-state index in [1.54, 1.807) is 11.8 Å². The molecule has 2 fully saturated rings. The van der Waals surface area contributed by atoms with Gasteiger partial charge in [0.2, 0.25) is 0 Å². The third-order valence-corrected chi connectivity index (χ3v) is 9.20. The van der Waals surface area contributed by atoms with Crippen molar-refractivity contribution >= 4 is 27.5 Å². The van der Waals surface area contributed by atoms with Gasteiger partial charge in [-0.15, -0.1) is 11.8 Å². The van der Waals surface area contributed by atoms with Crippen LogP contribution in [-0.4, -0.2) is 49.1 Å². The van der Waals surface area contributed by atoms with Crippen LogP contribution in [0.1, 0.15) is 35.2 Å². The normalized spacial score (nSPS) is 21.9. The third kappa shape index (κ3) is 5.23. The Labute approximate surface area is 177 Å². The lowest BCUT2D eigenvalue weighted by atomic mass is 9.90. The van der Waals surface area contributed by atoms with Crippen molar-refractivity contribution in [1.29, 1.82) is 0 Å². The van der Waals surface area contributed by atoms with Crippen molar-refractivity contribution in [3.63, 3.8) is 0 Å². The average molecular weight is 430 g/mol. The highest BCUT2D eigenvalue weighted by Crippen LogP contribution is 2.34. The van der Waals surface area contributed by atoms with Gasteiger partial charge in [0.1, 0.15) is 0 Å². The van der Waals surface area contributed by atoms with Gasteiger partial charge in [0.05, 0.1) is 17.1 Å². The summed E-state index contributed by atoms with van der Waals surface area (Å²) >= 11 is 1.55. The number of carbonyl (C=O) groups is 1. The molecule has 4 nitrogen and oxygen atoms in total. The number of hydrogen-bond acceptors (Lipinski definition) is 4. The smallest absolute Gasteiger partial charge is 0.254 e. The molecular formula is C23H27NO3S2. The molecule has 0 aliphatic carbocycles. The molecule has 0 radical (unpaired) electrons. The van der Waals surface area contributed by atoms with Crippen LogP contribution in [0.3, 0.4) is 0 Å². The maximum absolute atomic E-state index is 13.2. The van der Waals surface area contributed by atoms with Crippen molar-refractivity contribution in [3.8, 4) is 0 Å². The molecule has 0 bridgehead atoms. The fourth-order valence-electron chi connectivity index (χ4n) is 4.24. The Kier molecular flexibility index (Phi) is 6.30. The molecule has 2 saturated heterocycles. The number of hydrogen-bond donors (Lipinski definition) is 0. The first-order valence-corrected chi connectivity index (χ1v) is 13.0. The van der Waals surface area contributed by atoms with Crippen LogP contribution in [0.15, 0.2) is 59.5 Å². The monoisotopic (exact) mass is 429 g/mol. The molecule has 2 aromatic carbocycles. The quantitative estimate of drug-likeness (QED) is 0.719. The SMILES string of the molecule is O=C(c1ccccc1SC1CCS(=O)(=O)C1)N1CCC(Cc2ccccc2)CC1. The van der Waals surface area contributed by atoms with E-state index in [4.69, 9.17) is 0 Å². The fraction of sp³-hybridized carbons (Fsp3) is 0.435. The lowest BCUT2D eigenvalue weighted by molar-refractivity contribution is 0.0687. The number of nitrogens with zero attached hydrogens (tertiary/aromatic N) is 1. The van der Waals surface area contributed by atoms with E-state index in [2.05, 4.69) is 24.3 Å². The Hall–Kier alpha value is -1.79. The van der Waals surface area contributed by atoms with E-state index in [1.165, 1.54) is 5.56 Å². The molecule has 0 aromatic heterocycles. The highest BCUT2D eigenvalue weighted by atomic mass is 32.2. The molecule has 1 amide bonds. The molecule has 0 N–H and O–H groups in total. The predicted molar refractivity (Wildman–Crippen MR) is 118 cm³/mol. The summed E-state index contributed by atoms with van der Waals surface area (Å²) in [5.41, 5.74) is 2.08. The summed E-state index contributed by atoms with van der Waals surface area (Å²) in [6, 6.07) is 18.2. The minimum Gasteiger partial charge on any atom is -0.339 e. The summed E-state index contributed by atoms with van der Waals surface area (Å²) in [5.74, 6) is 1.17. The Morgan fingerprint density at radius 1 is 0.966 bits per heavy atom. The lowest BCUT2D eigenvalue weighted by Gasteiger charge is -2.32. The Morgan fingerprint density at radius 2 is 1.66 bits per heavy atom. The van der Waals surface area contributed by atoms with Crippen LogP contribution >= 0.6 is 11.8 Å². The van der Waals surface area contributed by atoms with Gasteiger partial charge >= 0.3 is 0 Å². The van der Waals surface area contributed by atoms with E-state index < -0.39 is 9.84 Å². The number of rotatable bonds is 5. The van der Waals surface area contributed by atoms with Crippen LogP contribution in [0.4, 0.5) is 0 Å². The van der Waals surface area contributed by atoms with Gasteiger partial charge in [-0.3, -0.25) is 4.79 Å². The van der Waals surface area contributed by atoms with E-state index in [-0.39, 0.29) is 22.7 Å². The molecule has 0 saturated carbocycles. The molecule has 2 aliphatic rings. The van der Waals surface area contributed by atoms with Crippen LogP contribution < -0.4 is 0 Å². The van der Waals surface area contributed by atoms with Crippen LogP contribution in [0.5, 0.6) is 0 Å². The molecule has 1 atom stereocenters. The zero-order chi connectivity index (χ0) is 20.3. The van der Waals surface area contributed by atoms with E-state index in [1.807, 2.05) is 35.2 Å². The van der Waals surface area contributed by atoms with Gasteiger partial charge in [0.15, 0.2) is 9.84 Å². The van der Waals surface area contributed by atoms with Crippen molar-refractivity contribution in [2.24, 2.45) is 5.92 Å². The van der Waals surface area contributed by atoms with E-state index >= 15 is 0 Å². The maximum atomic E-state index is 13.2. The van der Waals surface area contributed by atoms with Crippen molar-refractivity contribution in [1.82, 2.24) is 4.90 Å². The summed E-state index contributed by atoms with van der Waals surface area (Å²) in [6.07, 6.45) is 3.79. The molecule has 29 heavy (non-hydrogen) atoms. The first kappa shape index (κ1) is 20.5. The first-order chi connectivity index (χ1) is 14.0. The fourth-order valence-corrected chi connectivity index (χ4v) is 7.86. The molecule has 4 rings (SSSR count). The number of likely N-dealkylation sites (tertiary alicyclic amines) is 1. The predicted octanol–water partition coefficient (Wildman–Crippen LogP) is 4.06. The Balaban J connectivity index is 1.38. The molecule has 2 aromatic rings. The number of sulfone groups is 1. The van der Waals surface area contributed by atoms with Crippen molar-refractivity contribution in [3.05, 3.63) is 65.7 Å². The second kappa shape index (κ2) is 8.92. The summed E-state index contributed by atoms with van der Waals surface area (Å²) in [6.45, 7) is 1.57. The van der Waals surface area contributed by atoms with Crippen LogP contribution in [0, 0.1) is 5.92 Å². The van der Waals surface area contributed by atoms with Gasteiger partial charge in [-0.25, -0.2) is 8.42 Å².